The maximum absolute atomic E-state index is 11.9. The average molecular weight is 323 g/mol. The summed E-state index contributed by atoms with van der Waals surface area (Å²) in [5, 5.41) is 22.8. The first-order valence-electron chi connectivity index (χ1n) is 5.41. The smallest absolute Gasteiger partial charge is 0.189 e. The fraction of sp³-hybridized carbons (Fsp3) is 0.0769. The SMILES string of the molecule is Cn1ncc(Br)c1/C=C/C(=O)c1ccc(O)cc1O. The zero-order chi connectivity index (χ0) is 14.0. The molecule has 5 nitrogen and oxygen atoms in total. The Kier molecular flexibility index (Phi) is 3.71. The van der Waals surface area contributed by atoms with Crippen LogP contribution >= 0.6 is 15.9 Å². The number of phenolic OH excluding ortho intramolecular Hbond substituents is 2. The number of ketones is 1. The van der Waals surface area contributed by atoms with Crippen molar-refractivity contribution in [3.05, 3.63) is 46.2 Å². The number of halogens is 1. The van der Waals surface area contributed by atoms with Gasteiger partial charge in [0.05, 0.1) is 21.9 Å². The molecule has 2 aromatic rings. The molecule has 0 saturated carbocycles. The molecule has 1 aromatic heterocycles. The van der Waals surface area contributed by atoms with E-state index in [1.165, 1.54) is 18.2 Å². The van der Waals surface area contributed by atoms with Crippen LogP contribution in [0.2, 0.25) is 0 Å². The van der Waals surface area contributed by atoms with Crippen LogP contribution in [-0.2, 0) is 7.05 Å². The van der Waals surface area contributed by atoms with Gasteiger partial charge in [0.25, 0.3) is 0 Å². The quantitative estimate of drug-likeness (QED) is 0.672. The highest BCUT2D eigenvalue weighted by atomic mass is 79.9. The van der Waals surface area contributed by atoms with E-state index in [0.29, 0.717) is 0 Å². The molecule has 19 heavy (non-hydrogen) atoms. The summed E-state index contributed by atoms with van der Waals surface area (Å²) in [6.45, 7) is 0. The molecule has 0 bridgehead atoms. The highest BCUT2D eigenvalue weighted by Gasteiger charge is 2.09. The van der Waals surface area contributed by atoms with E-state index in [-0.39, 0.29) is 22.8 Å². The topological polar surface area (TPSA) is 75.4 Å². The number of carbonyl (C=O) groups is 1. The van der Waals surface area contributed by atoms with Crippen LogP contribution in [0.15, 0.2) is 34.9 Å². The van der Waals surface area contributed by atoms with Gasteiger partial charge in [-0.15, -0.1) is 0 Å². The highest BCUT2D eigenvalue weighted by molar-refractivity contribution is 9.10. The summed E-state index contributed by atoms with van der Waals surface area (Å²) in [7, 11) is 1.76. The fourth-order valence-electron chi connectivity index (χ4n) is 1.58. The van der Waals surface area contributed by atoms with Crippen LogP contribution in [0.5, 0.6) is 11.5 Å². The van der Waals surface area contributed by atoms with E-state index in [4.69, 9.17) is 5.11 Å². The standard InChI is InChI=1S/C13H11BrN2O3/c1-16-11(10(14)7-15-16)4-5-12(18)9-3-2-8(17)6-13(9)19/h2-7,17,19H,1H3/b5-4+. The molecule has 0 aliphatic rings. The number of aryl methyl sites for hydroxylation is 1. The molecule has 0 radical (unpaired) electrons. The molecule has 2 N–H and O–H groups in total. The van der Waals surface area contributed by atoms with Crippen molar-refractivity contribution in [2.45, 2.75) is 0 Å². The Morgan fingerprint density at radius 1 is 1.42 bits per heavy atom. The zero-order valence-corrected chi connectivity index (χ0v) is 11.6. The van der Waals surface area contributed by atoms with Crippen molar-refractivity contribution in [1.29, 1.82) is 0 Å². The number of hydrogen-bond acceptors (Lipinski definition) is 4. The number of rotatable bonds is 3. The minimum absolute atomic E-state index is 0.0904. The first-order chi connectivity index (χ1) is 8.99. The normalized spacial score (nSPS) is 11.1. The van der Waals surface area contributed by atoms with Crippen LogP contribution < -0.4 is 0 Å². The third-order valence-electron chi connectivity index (χ3n) is 2.58. The average Bonchev–Trinajstić information content (AvgIpc) is 2.66. The van der Waals surface area contributed by atoms with Gasteiger partial charge in [0, 0.05) is 13.1 Å². The number of phenols is 2. The lowest BCUT2D eigenvalue weighted by Crippen LogP contribution is -1.96. The molecule has 0 fully saturated rings. The highest BCUT2D eigenvalue weighted by Crippen LogP contribution is 2.24. The third-order valence-corrected chi connectivity index (χ3v) is 3.19. The van der Waals surface area contributed by atoms with Crippen LogP contribution in [0.1, 0.15) is 16.1 Å². The van der Waals surface area contributed by atoms with E-state index in [0.717, 1.165) is 16.2 Å². The van der Waals surface area contributed by atoms with Crippen LogP contribution in [0.25, 0.3) is 6.08 Å². The van der Waals surface area contributed by atoms with Gasteiger partial charge < -0.3 is 10.2 Å². The van der Waals surface area contributed by atoms with E-state index < -0.39 is 0 Å². The molecule has 0 aliphatic heterocycles. The molecule has 0 spiro atoms. The first kappa shape index (κ1) is 13.4. The Bertz CT molecular complexity index is 642. The van der Waals surface area contributed by atoms with Crippen molar-refractivity contribution < 1.29 is 15.0 Å². The maximum atomic E-state index is 11.9. The number of benzene rings is 1. The summed E-state index contributed by atoms with van der Waals surface area (Å²) in [5.41, 5.74) is 0.874. The summed E-state index contributed by atoms with van der Waals surface area (Å²) >= 11 is 3.32. The van der Waals surface area contributed by atoms with Gasteiger partial charge in [0.1, 0.15) is 11.5 Å². The van der Waals surface area contributed by atoms with Gasteiger partial charge in [-0.1, -0.05) is 0 Å². The lowest BCUT2D eigenvalue weighted by atomic mass is 10.1. The lowest BCUT2D eigenvalue weighted by molar-refractivity contribution is 0.104. The van der Waals surface area contributed by atoms with Crippen molar-refractivity contribution in [3.63, 3.8) is 0 Å². The van der Waals surface area contributed by atoms with E-state index in [1.807, 2.05) is 0 Å². The molecule has 98 valence electrons. The molecule has 1 heterocycles. The molecule has 0 aliphatic carbocycles. The third kappa shape index (κ3) is 2.85. The van der Waals surface area contributed by atoms with Crippen molar-refractivity contribution in [2.24, 2.45) is 7.05 Å². The van der Waals surface area contributed by atoms with E-state index >= 15 is 0 Å². The van der Waals surface area contributed by atoms with Gasteiger partial charge in [-0.3, -0.25) is 9.48 Å². The fourth-order valence-corrected chi connectivity index (χ4v) is 2.06. The summed E-state index contributed by atoms with van der Waals surface area (Å²) in [5.74, 6) is -0.697. The lowest BCUT2D eigenvalue weighted by Gasteiger charge is -2.01. The van der Waals surface area contributed by atoms with Crippen molar-refractivity contribution >= 4 is 27.8 Å². The van der Waals surface area contributed by atoms with Gasteiger partial charge in [0.15, 0.2) is 5.78 Å². The van der Waals surface area contributed by atoms with Crippen LogP contribution in [0.4, 0.5) is 0 Å². The second kappa shape index (κ2) is 5.27. The molecular formula is C13H11BrN2O3. The molecule has 0 unspecified atom stereocenters. The maximum Gasteiger partial charge on any atom is 0.189 e. The van der Waals surface area contributed by atoms with Gasteiger partial charge in [0.2, 0.25) is 0 Å². The molecule has 0 amide bonds. The van der Waals surface area contributed by atoms with Crippen LogP contribution in [0.3, 0.4) is 0 Å². The molecular weight excluding hydrogens is 312 g/mol. The van der Waals surface area contributed by atoms with Crippen molar-refractivity contribution in [2.75, 3.05) is 0 Å². The van der Waals surface area contributed by atoms with Gasteiger partial charge in [-0.05, 0) is 40.2 Å². The van der Waals surface area contributed by atoms with Crippen molar-refractivity contribution in [3.8, 4) is 11.5 Å². The summed E-state index contributed by atoms with van der Waals surface area (Å²) in [6, 6.07) is 3.84. The first-order valence-corrected chi connectivity index (χ1v) is 6.20. The monoisotopic (exact) mass is 322 g/mol. The molecule has 0 saturated heterocycles. The van der Waals surface area contributed by atoms with E-state index in [1.54, 1.807) is 24.0 Å². The van der Waals surface area contributed by atoms with Gasteiger partial charge in [-0.2, -0.15) is 5.10 Å². The van der Waals surface area contributed by atoms with Crippen LogP contribution in [-0.4, -0.2) is 25.8 Å². The molecule has 1 aromatic carbocycles. The number of aromatic hydroxyl groups is 2. The molecule has 0 atom stereocenters. The predicted molar refractivity (Wildman–Crippen MR) is 74.0 cm³/mol. The number of aromatic nitrogens is 2. The molecule has 2 rings (SSSR count). The number of carbonyl (C=O) groups excluding carboxylic acids is 1. The van der Waals surface area contributed by atoms with E-state index in [9.17, 15) is 9.90 Å². The Balaban J connectivity index is 2.26. The summed E-state index contributed by atoms with van der Waals surface area (Å²) < 4.78 is 2.39. The Morgan fingerprint density at radius 2 is 2.16 bits per heavy atom. The van der Waals surface area contributed by atoms with Gasteiger partial charge in [-0.25, -0.2) is 0 Å². The zero-order valence-electron chi connectivity index (χ0n) is 10.0. The van der Waals surface area contributed by atoms with Crippen molar-refractivity contribution in [1.82, 2.24) is 9.78 Å². The van der Waals surface area contributed by atoms with E-state index in [2.05, 4.69) is 21.0 Å². The predicted octanol–water partition coefficient (Wildman–Crippen LogP) is 2.49. The Labute approximate surface area is 117 Å². The summed E-state index contributed by atoms with van der Waals surface area (Å²) in [6.07, 6.45) is 4.57. The van der Waals surface area contributed by atoms with Gasteiger partial charge >= 0.3 is 0 Å². The number of nitrogens with zero attached hydrogens (tertiary/aromatic N) is 2. The van der Waals surface area contributed by atoms with Crippen LogP contribution in [0, 0.1) is 0 Å². The summed E-state index contributed by atoms with van der Waals surface area (Å²) in [4.78, 5) is 11.9. The Hall–Kier alpha value is -2.08. The minimum atomic E-state index is -0.356. The number of allylic oxidation sites excluding steroid dienone is 1. The second-order valence-electron chi connectivity index (χ2n) is 3.90. The Morgan fingerprint density at radius 3 is 2.74 bits per heavy atom. The number of hydrogen-bond donors (Lipinski definition) is 2. The second-order valence-corrected chi connectivity index (χ2v) is 4.75. The largest absolute Gasteiger partial charge is 0.508 e. The minimum Gasteiger partial charge on any atom is -0.508 e. The molecule has 6 heteroatoms.